The van der Waals surface area contributed by atoms with E-state index in [0.29, 0.717) is 5.69 Å². The monoisotopic (exact) mass is 330 g/mol. The molecule has 1 aromatic rings. The van der Waals surface area contributed by atoms with Crippen LogP contribution in [-0.2, 0) is 9.53 Å². The molecular formula is C19H26N2O3. The van der Waals surface area contributed by atoms with Crippen LogP contribution in [0.15, 0.2) is 35.9 Å². The quantitative estimate of drug-likeness (QED) is 0.847. The van der Waals surface area contributed by atoms with Crippen LogP contribution in [0.5, 0.6) is 0 Å². The maximum absolute atomic E-state index is 12.5. The summed E-state index contributed by atoms with van der Waals surface area (Å²) >= 11 is 0. The number of nitrogens with zero attached hydrogens (tertiary/aromatic N) is 1. The molecule has 2 atom stereocenters. The van der Waals surface area contributed by atoms with Crippen molar-refractivity contribution in [3.05, 3.63) is 35.9 Å². The summed E-state index contributed by atoms with van der Waals surface area (Å²) in [5.74, 6) is 0.314. The van der Waals surface area contributed by atoms with Gasteiger partial charge >= 0.3 is 6.09 Å². The minimum Gasteiger partial charge on any atom is -0.452 e. The molecule has 1 aliphatic rings. The van der Waals surface area contributed by atoms with Crippen LogP contribution in [0, 0.1) is 17.3 Å². The Bertz CT molecular complexity index is 658. The Hall–Kier alpha value is -2.30. The van der Waals surface area contributed by atoms with Crippen molar-refractivity contribution in [3.63, 3.8) is 0 Å². The first-order valence-electron chi connectivity index (χ1n) is 8.06. The Kier molecular flexibility index (Phi) is 5.02. The van der Waals surface area contributed by atoms with Crippen molar-refractivity contribution in [2.75, 3.05) is 24.4 Å². The molecule has 2 amide bonds. The van der Waals surface area contributed by atoms with Crippen molar-refractivity contribution in [2.24, 2.45) is 17.3 Å². The lowest BCUT2D eigenvalue weighted by atomic mass is 10.1. The van der Waals surface area contributed by atoms with Crippen molar-refractivity contribution in [3.8, 4) is 0 Å². The van der Waals surface area contributed by atoms with Gasteiger partial charge in [0.05, 0.1) is 13.0 Å². The van der Waals surface area contributed by atoms with E-state index >= 15 is 0 Å². The summed E-state index contributed by atoms with van der Waals surface area (Å²) in [7, 11) is 2.98. The Morgan fingerprint density at radius 2 is 1.79 bits per heavy atom. The van der Waals surface area contributed by atoms with Gasteiger partial charge in [0, 0.05) is 18.4 Å². The van der Waals surface area contributed by atoms with Gasteiger partial charge in [-0.2, -0.15) is 0 Å². The number of nitrogens with one attached hydrogen (secondary N) is 1. The number of anilines is 2. The zero-order chi connectivity index (χ0) is 18.1. The van der Waals surface area contributed by atoms with Gasteiger partial charge in [-0.25, -0.2) is 4.79 Å². The highest BCUT2D eigenvalue weighted by Crippen LogP contribution is 2.59. The molecule has 5 nitrogen and oxygen atoms in total. The van der Waals surface area contributed by atoms with Gasteiger partial charge in [0.15, 0.2) is 0 Å². The van der Waals surface area contributed by atoms with E-state index in [0.717, 1.165) is 5.69 Å². The number of amides is 2. The molecule has 1 fully saturated rings. The average Bonchev–Trinajstić information content (AvgIpc) is 3.06. The third-order valence-corrected chi connectivity index (χ3v) is 4.68. The summed E-state index contributed by atoms with van der Waals surface area (Å²) in [5, 5.41) is 2.97. The fraction of sp³-hybridized carbons (Fsp3) is 0.474. The minimum atomic E-state index is -0.434. The van der Waals surface area contributed by atoms with E-state index in [4.69, 9.17) is 0 Å². The fourth-order valence-electron chi connectivity index (χ4n) is 3.08. The number of allylic oxidation sites excluding steroid dienone is 2. The molecule has 0 unspecified atom stereocenters. The molecule has 0 radical (unpaired) electrons. The van der Waals surface area contributed by atoms with E-state index in [1.165, 1.54) is 17.6 Å². The van der Waals surface area contributed by atoms with Crippen LogP contribution in [0.25, 0.3) is 0 Å². The third-order valence-electron chi connectivity index (χ3n) is 4.68. The Balaban J connectivity index is 2.03. The normalized spacial score (nSPS) is 20.8. The number of hydrogen-bond acceptors (Lipinski definition) is 3. The summed E-state index contributed by atoms with van der Waals surface area (Å²) in [6.45, 7) is 8.35. The van der Waals surface area contributed by atoms with E-state index in [1.807, 2.05) is 0 Å². The fourth-order valence-corrected chi connectivity index (χ4v) is 3.08. The molecule has 1 N–H and O–H groups in total. The Morgan fingerprint density at radius 1 is 1.21 bits per heavy atom. The van der Waals surface area contributed by atoms with Crippen LogP contribution in [0.3, 0.4) is 0 Å². The predicted molar refractivity (Wildman–Crippen MR) is 96.1 cm³/mol. The molecule has 0 aromatic heterocycles. The van der Waals surface area contributed by atoms with Crippen LogP contribution in [0.4, 0.5) is 16.2 Å². The largest absolute Gasteiger partial charge is 0.452 e. The maximum atomic E-state index is 12.5. The van der Waals surface area contributed by atoms with Gasteiger partial charge in [-0.1, -0.05) is 25.5 Å². The molecule has 0 aliphatic heterocycles. The first-order chi connectivity index (χ1) is 11.2. The zero-order valence-electron chi connectivity index (χ0n) is 15.2. The minimum absolute atomic E-state index is 0.00754. The topological polar surface area (TPSA) is 58.6 Å². The van der Waals surface area contributed by atoms with E-state index < -0.39 is 6.09 Å². The van der Waals surface area contributed by atoms with Crippen molar-refractivity contribution in [1.82, 2.24) is 0 Å². The Morgan fingerprint density at radius 3 is 2.29 bits per heavy atom. The molecule has 1 aliphatic carbocycles. The van der Waals surface area contributed by atoms with E-state index in [9.17, 15) is 9.59 Å². The van der Waals surface area contributed by atoms with Crippen molar-refractivity contribution < 1.29 is 14.3 Å². The lowest BCUT2D eigenvalue weighted by Gasteiger charge is -2.16. The van der Waals surface area contributed by atoms with Crippen molar-refractivity contribution >= 4 is 23.4 Å². The Labute approximate surface area is 143 Å². The summed E-state index contributed by atoms with van der Waals surface area (Å²) in [4.78, 5) is 25.4. The van der Waals surface area contributed by atoms with Gasteiger partial charge in [-0.05, 0) is 49.4 Å². The van der Waals surface area contributed by atoms with Crippen molar-refractivity contribution in [1.29, 1.82) is 0 Å². The third kappa shape index (κ3) is 3.61. The van der Waals surface area contributed by atoms with Crippen LogP contribution >= 0.6 is 0 Å². The average molecular weight is 330 g/mol. The molecule has 0 spiro atoms. The van der Waals surface area contributed by atoms with Gasteiger partial charge in [0.1, 0.15) is 0 Å². The molecule has 1 aromatic carbocycles. The molecule has 2 rings (SSSR count). The van der Waals surface area contributed by atoms with Crippen molar-refractivity contribution in [2.45, 2.75) is 27.7 Å². The lowest BCUT2D eigenvalue weighted by Crippen LogP contribution is -2.25. The number of rotatable bonds is 4. The molecule has 24 heavy (non-hydrogen) atoms. The van der Waals surface area contributed by atoms with Crippen LogP contribution in [0.2, 0.25) is 0 Å². The summed E-state index contributed by atoms with van der Waals surface area (Å²) in [5.41, 5.74) is 2.65. The van der Waals surface area contributed by atoms with Crippen LogP contribution in [0.1, 0.15) is 27.7 Å². The maximum Gasteiger partial charge on any atom is 0.413 e. The smallest absolute Gasteiger partial charge is 0.413 e. The second-order valence-electron chi connectivity index (χ2n) is 7.13. The first kappa shape index (κ1) is 18.0. The molecule has 0 heterocycles. The van der Waals surface area contributed by atoms with Gasteiger partial charge in [0.25, 0.3) is 0 Å². The first-order valence-corrected chi connectivity index (χ1v) is 8.06. The highest BCUT2D eigenvalue weighted by Gasteiger charge is 2.60. The number of methoxy groups -OCH3 is 1. The predicted octanol–water partition coefficient (Wildman–Crippen LogP) is 4.07. The second-order valence-corrected chi connectivity index (χ2v) is 7.13. The summed E-state index contributed by atoms with van der Waals surface area (Å²) < 4.78 is 4.68. The molecular weight excluding hydrogens is 304 g/mol. The summed E-state index contributed by atoms with van der Waals surface area (Å²) in [6.07, 6.45) is 1.75. The lowest BCUT2D eigenvalue weighted by molar-refractivity contribution is -0.118. The molecule has 5 heteroatoms. The van der Waals surface area contributed by atoms with E-state index in [1.54, 1.807) is 31.3 Å². The van der Waals surface area contributed by atoms with Crippen LogP contribution in [-0.4, -0.2) is 26.2 Å². The van der Waals surface area contributed by atoms with Crippen LogP contribution < -0.4 is 10.2 Å². The molecule has 0 bridgehead atoms. The molecule has 0 saturated heterocycles. The van der Waals surface area contributed by atoms with E-state index in [2.05, 4.69) is 43.8 Å². The van der Waals surface area contributed by atoms with Gasteiger partial charge < -0.3 is 10.1 Å². The highest BCUT2D eigenvalue weighted by molar-refractivity contribution is 5.96. The number of carbonyl (C=O) groups is 2. The number of hydrogen-bond donors (Lipinski definition) is 1. The number of benzene rings is 1. The van der Waals surface area contributed by atoms with E-state index in [-0.39, 0.29) is 23.2 Å². The number of carbonyl (C=O) groups excluding carboxylic acids is 2. The molecule has 1 saturated carbocycles. The second kappa shape index (κ2) is 6.67. The highest BCUT2D eigenvalue weighted by atomic mass is 16.5. The number of ether oxygens (including phenoxy) is 1. The SMILES string of the molecule is COC(=O)N(C)c1ccc(NC(=O)[C@H]2[C@H](C=C(C)C)C2(C)C)cc1. The van der Waals surface area contributed by atoms with Gasteiger partial charge in [-0.3, -0.25) is 9.69 Å². The standard InChI is InChI=1S/C19H26N2O3/c1-12(2)11-15-16(19(15,3)4)17(22)20-13-7-9-14(10-8-13)21(5)18(23)24-6/h7-11,15-16H,1-6H3,(H,20,22)/t15-,16+/m0/s1. The van der Waals surface area contributed by atoms with Gasteiger partial charge in [0.2, 0.25) is 5.91 Å². The van der Waals surface area contributed by atoms with Gasteiger partial charge in [-0.15, -0.1) is 0 Å². The zero-order valence-corrected chi connectivity index (χ0v) is 15.2. The molecule has 130 valence electrons. The summed E-state index contributed by atoms with van der Waals surface area (Å²) in [6, 6.07) is 7.13.